The van der Waals surface area contributed by atoms with Crippen LogP contribution in [0.5, 0.6) is 5.75 Å². The van der Waals surface area contributed by atoms with Gasteiger partial charge >= 0.3 is 6.61 Å². The average Bonchev–Trinajstić information content (AvgIpc) is 2.92. The van der Waals surface area contributed by atoms with Crippen LogP contribution >= 0.6 is 24.0 Å². The number of hydrogen-bond donors (Lipinski definition) is 2. The van der Waals surface area contributed by atoms with E-state index in [2.05, 4.69) is 15.4 Å². The van der Waals surface area contributed by atoms with Crippen molar-refractivity contribution in [3.63, 3.8) is 0 Å². The van der Waals surface area contributed by atoms with Crippen LogP contribution < -0.4 is 15.4 Å². The van der Waals surface area contributed by atoms with Crippen molar-refractivity contribution >= 4 is 29.9 Å². The Morgan fingerprint density at radius 1 is 1.52 bits per heavy atom. The highest BCUT2D eigenvalue weighted by Crippen LogP contribution is 2.24. The molecule has 2 rings (SSSR count). The minimum Gasteiger partial charge on any atom is -0.434 e. The number of ether oxygens (including phenoxy) is 1. The highest BCUT2D eigenvalue weighted by molar-refractivity contribution is 6.30. The number of carbonyl (C=O) groups excluding carboxylic acids is 1. The van der Waals surface area contributed by atoms with E-state index in [9.17, 15) is 13.6 Å². The standard InChI is InChI=1S/C13H15ClF2N2O2.ClH/c14-10-1-2-11(20-13(15)16)9(5-10)7-18-12(19)8-3-4-17-6-8;/h1-2,5,8,13,17H,3-4,6-7H2,(H,18,19);1H. The van der Waals surface area contributed by atoms with Crippen LogP contribution in [0.15, 0.2) is 18.2 Å². The van der Waals surface area contributed by atoms with Gasteiger partial charge in [0.15, 0.2) is 0 Å². The van der Waals surface area contributed by atoms with Crippen LogP contribution in [0.2, 0.25) is 5.02 Å². The lowest BCUT2D eigenvalue weighted by atomic mass is 10.1. The van der Waals surface area contributed by atoms with Crippen molar-refractivity contribution < 1.29 is 18.3 Å². The Labute approximate surface area is 132 Å². The fourth-order valence-corrected chi connectivity index (χ4v) is 2.30. The molecule has 1 saturated heterocycles. The lowest BCUT2D eigenvalue weighted by molar-refractivity contribution is -0.124. The maximum Gasteiger partial charge on any atom is 0.387 e. The van der Waals surface area contributed by atoms with E-state index in [1.807, 2.05) is 0 Å². The van der Waals surface area contributed by atoms with Gasteiger partial charge in [0.1, 0.15) is 5.75 Å². The third-order valence-corrected chi connectivity index (χ3v) is 3.36. The molecule has 1 unspecified atom stereocenters. The van der Waals surface area contributed by atoms with Crippen LogP contribution in [0.3, 0.4) is 0 Å². The van der Waals surface area contributed by atoms with Gasteiger partial charge in [0.2, 0.25) is 5.91 Å². The van der Waals surface area contributed by atoms with Gasteiger partial charge in [-0.1, -0.05) is 11.6 Å². The molecule has 1 heterocycles. The SMILES string of the molecule is Cl.O=C(NCc1cc(Cl)ccc1OC(F)F)C1CCNC1. The summed E-state index contributed by atoms with van der Waals surface area (Å²) in [5, 5.41) is 6.21. The molecule has 1 aliphatic heterocycles. The molecule has 0 aliphatic carbocycles. The normalized spacial score (nSPS) is 17.4. The molecule has 1 amide bonds. The summed E-state index contributed by atoms with van der Waals surface area (Å²) in [7, 11) is 0. The number of nitrogens with one attached hydrogen (secondary N) is 2. The van der Waals surface area contributed by atoms with Gasteiger partial charge in [-0.15, -0.1) is 12.4 Å². The van der Waals surface area contributed by atoms with Gasteiger partial charge in [-0.25, -0.2) is 0 Å². The molecule has 0 saturated carbocycles. The molecule has 21 heavy (non-hydrogen) atoms. The lowest BCUT2D eigenvalue weighted by Crippen LogP contribution is -2.31. The monoisotopic (exact) mass is 340 g/mol. The molecular formula is C13H16Cl2F2N2O2. The van der Waals surface area contributed by atoms with Crippen molar-refractivity contribution in [1.29, 1.82) is 0 Å². The first-order chi connectivity index (χ1) is 9.56. The number of hydrogen-bond acceptors (Lipinski definition) is 3. The van der Waals surface area contributed by atoms with Gasteiger partial charge in [0, 0.05) is 23.7 Å². The number of rotatable bonds is 5. The second-order valence-corrected chi connectivity index (χ2v) is 4.97. The van der Waals surface area contributed by atoms with Crippen LogP contribution in [-0.2, 0) is 11.3 Å². The van der Waals surface area contributed by atoms with Crippen molar-refractivity contribution in [3.8, 4) is 5.75 Å². The Bertz CT molecular complexity index is 483. The highest BCUT2D eigenvalue weighted by Gasteiger charge is 2.22. The van der Waals surface area contributed by atoms with E-state index >= 15 is 0 Å². The molecule has 118 valence electrons. The third kappa shape index (κ3) is 5.30. The maximum absolute atomic E-state index is 12.3. The summed E-state index contributed by atoms with van der Waals surface area (Å²) in [5.41, 5.74) is 0.428. The van der Waals surface area contributed by atoms with E-state index in [0.29, 0.717) is 17.1 Å². The Morgan fingerprint density at radius 3 is 2.90 bits per heavy atom. The summed E-state index contributed by atoms with van der Waals surface area (Å²) < 4.78 is 29.0. The summed E-state index contributed by atoms with van der Waals surface area (Å²) in [6.07, 6.45) is 0.780. The number of carbonyl (C=O) groups is 1. The summed E-state index contributed by atoms with van der Waals surface area (Å²) >= 11 is 5.83. The fourth-order valence-electron chi connectivity index (χ4n) is 2.10. The predicted molar refractivity (Wildman–Crippen MR) is 78.2 cm³/mol. The number of alkyl halides is 2. The van der Waals surface area contributed by atoms with Crippen LogP contribution in [-0.4, -0.2) is 25.6 Å². The molecule has 0 bridgehead atoms. The van der Waals surface area contributed by atoms with Gasteiger partial charge in [0.05, 0.1) is 5.92 Å². The van der Waals surface area contributed by atoms with Gasteiger partial charge in [-0.3, -0.25) is 4.79 Å². The highest BCUT2D eigenvalue weighted by atomic mass is 35.5. The van der Waals surface area contributed by atoms with E-state index in [0.717, 1.165) is 13.0 Å². The zero-order valence-electron chi connectivity index (χ0n) is 11.1. The molecule has 1 aliphatic rings. The molecule has 1 atom stereocenters. The third-order valence-electron chi connectivity index (χ3n) is 3.12. The maximum atomic E-state index is 12.3. The van der Waals surface area contributed by atoms with E-state index < -0.39 is 6.61 Å². The topological polar surface area (TPSA) is 50.4 Å². The molecule has 1 aromatic rings. The molecule has 0 spiro atoms. The average molecular weight is 341 g/mol. The molecule has 0 aromatic heterocycles. The van der Waals surface area contributed by atoms with Crippen LogP contribution in [0, 0.1) is 5.92 Å². The van der Waals surface area contributed by atoms with Gasteiger partial charge in [0.25, 0.3) is 0 Å². The zero-order valence-corrected chi connectivity index (χ0v) is 12.6. The van der Waals surface area contributed by atoms with E-state index in [4.69, 9.17) is 11.6 Å². The summed E-state index contributed by atoms with van der Waals surface area (Å²) in [6.45, 7) is -1.35. The summed E-state index contributed by atoms with van der Waals surface area (Å²) in [4.78, 5) is 11.9. The number of amides is 1. The van der Waals surface area contributed by atoms with E-state index in [-0.39, 0.29) is 36.5 Å². The van der Waals surface area contributed by atoms with Gasteiger partial charge in [-0.05, 0) is 31.2 Å². The number of halogens is 4. The Kier molecular flexibility index (Phi) is 7.14. The first kappa shape index (κ1) is 17.9. The first-order valence-electron chi connectivity index (χ1n) is 6.28. The Balaban J connectivity index is 0.00000220. The molecule has 1 fully saturated rings. The second-order valence-electron chi connectivity index (χ2n) is 4.54. The molecule has 1 aromatic carbocycles. The van der Waals surface area contributed by atoms with Crippen molar-refractivity contribution in [2.75, 3.05) is 13.1 Å². The Hall–Kier alpha value is -1.11. The zero-order chi connectivity index (χ0) is 14.5. The van der Waals surface area contributed by atoms with Gasteiger partial charge in [-0.2, -0.15) is 8.78 Å². The molecule has 8 heteroatoms. The molecule has 2 N–H and O–H groups in total. The van der Waals surface area contributed by atoms with Crippen molar-refractivity contribution in [1.82, 2.24) is 10.6 Å². The summed E-state index contributed by atoms with van der Waals surface area (Å²) in [6, 6.07) is 4.34. The minimum absolute atomic E-state index is 0. The second kappa shape index (κ2) is 8.36. The smallest absolute Gasteiger partial charge is 0.387 e. The lowest BCUT2D eigenvalue weighted by Gasteiger charge is -2.13. The Morgan fingerprint density at radius 2 is 2.29 bits per heavy atom. The first-order valence-corrected chi connectivity index (χ1v) is 6.65. The largest absolute Gasteiger partial charge is 0.434 e. The van der Waals surface area contributed by atoms with Crippen molar-refractivity contribution in [2.45, 2.75) is 19.6 Å². The molecular weight excluding hydrogens is 325 g/mol. The van der Waals surface area contributed by atoms with Crippen LogP contribution in [0.1, 0.15) is 12.0 Å². The van der Waals surface area contributed by atoms with Crippen molar-refractivity contribution in [2.24, 2.45) is 5.92 Å². The van der Waals surface area contributed by atoms with Crippen molar-refractivity contribution in [3.05, 3.63) is 28.8 Å². The quantitative estimate of drug-likeness (QED) is 0.866. The molecule has 4 nitrogen and oxygen atoms in total. The van der Waals surface area contributed by atoms with E-state index in [1.54, 1.807) is 0 Å². The van der Waals surface area contributed by atoms with Crippen LogP contribution in [0.4, 0.5) is 8.78 Å². The fraction of sp³-hybridized carbons (Fsp3) is 0.462. The van der Waals surface area contributed by atoms with Crippen LogP contribution in [0.25, 0.3) is 0 Å². The predicted octanol–water partition coefficient (Wildman–Crippen LogP) is 2.59. The summed E-state index contributed by atoms with van der Waals surface area (Å²) in [5.74, 6) is -0.152. The van der Waals surface area contributed by atoms with E-state index in [1.165, 1.54) is 18.2 Å². The molecule has 0 radical (unpaired) electrons. The number of benzene rings is 1. The minimum atomic E-state index is -2.91. The van der Waals surface area contributed by atoms with Gasteiger partial charge < -0.3 is 15.4 Å².